The lowest BCUT2D eigenvalue weighted by atomic mass is 9.82. The van der Waals surface area contributed by atoms with Gasteiger partial charge in [0.15, 0.2) is 0 Å². The summed E-state index contributed by atoms with van der Waals surface area (Å²) >= 11 is 0. The number of ether oxygens (including phenoxy) is 1. The van der Waals surface area contributed by atoms with Crippen LogP contribution in [0.5, 0.6) is 0 Å². The molecule has 13 heavy (non-hydrogen) atoms. The zero-order valence-corrected chi connectivity index (χ0v) is 9.07. The molecule has 0 radical (unpaired) electrons. The minimum absolute atomic E-state index is 0.144. The quantitative estimate of drug-likeness (QED) is 0.596. The van der Waals surface area contributed by atoms with Gasteiger partial charge in [-0.05, 0) is 32.1 Å². The summed E-state index contributed by atoms with van der Waals surface area (Å²) in [4.78, 5) is 0. The Morgan fingerprint density at radius 3 is 2.31 bits per heavy atom. The first-order valence-electron chi connectivity index (χ1n) is 5.59. The number of hydrogen-bond donors (Lipinski definition) is 0. The molecule has 0 aromatic carbocycles. The third kappa shape index (κ3) is 2.75. The first-order valence-corrected chi connectivity index (χ1v) is 5.59. The summed E-state index contributed by atoms with van der Waals surface area (Å²) in [6.07, 6.45) is 8.55. The monoisotopic (exact) mass is 182 g/mol. The van der Waals surface area contributed by atoms with Crippen LogP contribution in [-0.4, -0.2) is 5.60 Å². The average molecular weight is 182 g/mol. The number of allylic oxidation sites excluding steroid dienone is 1. The average Bonchev–Trinajstić information content (AvgIpc) is 2.19. The van der Waals surface area contributed by atoms with Gasteiger partial charge in [0.1, 0.15) is 5.60 Å². The van der Waals surface area contributed by atoms with E-state index in [-0.39, 0.29) is 5.60 Å². The number of hydrogen-bond acceptors (Lipinski definition) is 1. The van der Waals surface area contributed by atoms with Crippen molar-refractivity contribution < 1.29 is 4.74 Å². The normalized spacial score (nSPS) is 21.1. The third-order valence-electron chi connectivity index (χ3n) is 3.16. The molecule has 1 saturated carbocycles. The van der Waals surface area contributed by atoms with Gasteiger partial charge in [-0.2, -0.15) is 0 Å². The van der Waals surface area contributed by atoms with Gasteiger partial charge in [-0.15, -0.1) is 0 Å². The molecule has 0 unspecified atom stereocenters. The highest BCUT2D eigenvalue weighted by Crippen LogP contribution is 2.36. The van der Waals surface area contributed by atoms with Crippen LogP contribution in [0.15, 0.2) is 12.3 Å². The summed E-state index contributed by atoms with van der Waals surface area (Å²) in [6.45, 7) is 8.27. The van der Waals surface area contributed by atoms with Crippen LogP contribution in [0.3, 0.4) is 0 Å². The highest BCUT2D eigenvalue weighted by molar-refractivity contribution is 4.91. The number of rotatable bonds is 4. The molecule has 0 saturated heterocycles. The van der Waals surface area contributed by atoms with E-state index in [9.17, 15) is 0 Å². The van der Waals surface area contributed by atoms with Crippen molar-refractivity contribution in [2.75, 3.05) is 0 Å². The van der Waals surface area contributed by atoms with E-state index in [1.807, 2.05) is 0 Å². The van der Waals surface area contributed by atoms with E-state index in [0.29, 0.717) is 0 Å². The van der Waals surface area contributed by atoms with Crippen LogP contribution in [0.25, 0.3) is 0 Å². The van der Waals surface area contributed by atoms with Crippen LogP contribution in [0.1, 0.15) is 58.8 Å². The molecule has 0 amide bonds. The molecule has 1 rings (SSSR count). The van der Waals surface area contributed by atoms with Crippen molar-refractivity contribution in [1.29, 1.82) is 0 Å². The molecule has 0 aromatic heterocycles. The van der Waals surface area contributed by atoms with Gasteiger partial charge < -0.3 is 4.74 Å². The Bertz CT molecular complexity index is 166. The lowest BCUT2D eigenvalue weighted by molar-refractivity contribution is -0.0336. The summed E-state index contributed by atoms with van der Waals surface area (Å²) in [5.74, 6) is 0.962. The van der Waals surface area contributed by atoms with E-state index in [1.165, 1.54) is 32.1 Å². The Morgan fingerprint density at radius 1 is 1.23 bits per heavy atom. The molecule has 0 heterocycles. The van der Waals surface area contributed by atoms with Crippen LogP contribution < -0.4 is 0 Å². The van der Waals surface area contributed by atoms with Crippen LogP contribution in [0.4, 0.5) is 0 Å². The molecular formula is C12H22O. The van der Waals surface area contributed by atoms with Crippen LogP contribution in [0.2, 0.25) is 0 Å². The van der Waals surface area contributed by atoms with Crippen molar-refractivity contribution in [3.05, 3.63) is 12.3 Å². The maximum absolute atomic E-state index is 5.98. The lowest BCUT2D eigenvalue weighted by Crippen LogP contribution is -2.33. The fraction of sp³-hybridized carbons (Fsp3) is 0.833. The van der Waals surface area contributed by atoms with Gasteiger partial charge in [-0.25, -0.2) is 0 Å². The van der Waals surface area contributed by atoms with Crippen molar-refractivity contribution in [2.45, 2.75) is 64.4 Å². The largest absolute Gasteiger partial charge is 0.492 e. The smallest absolute Gasteiger partial charge is 0.108 e. The molecule has 1 aliphatic carbocycles. The highest BCUT2D eigenvalue weighted by atomic mass is 16.5. The van der Waals surface area contributed by atoms with Gasteiger partial charge in [-0.3, -0.25) is 0 Å². The third-order valence-corrected chi connectivity index (χ3v) is 3.16. The van der Waals surface area contributed by atoms with Crippen molar-refractivity contribution >= 4 is 0 Å². The van der Waals surface area contributed by atoms with Crippen molar-refractivity contribution in [3.8, 4) is 0 Å². The summed E-state index contributed by atoms with van der Waals surface area (Å²) < 4.78 is 5.98. The molecule has 76 valence electrons. The molecule has 0 bridgehead atoms. The van der Waals surface area contributed by atoms with E-state index >= 15 is 0 Å². The minimum Gasteiger partial charge on any atom is -0.492 e. The summed E-state index contributed by atoms with van der Waals surface area (Å²) in [5.41, 5.74) is 0.144. The van der Waals surface area contributed by atoms with Gasteiger partial charge in [0, 0.05) is 6.42 Å². The first kappa shape index (κ1) is 10.6. The first-order chi connectivity index (χ1) is 6.22. The van der Waals surface area contributed by atoms with E-state index in [1.54, 1.807) is 0 Å². The van der Waals surface area contributed by atoms with Gasteiger partial charge >= 0.3 is 0 Å². The second kappa shape index (κ2) is 4.69. The fourth-order valence-electron chi connectivity index (χ4n) is 2.10. The molecule has 0 aliphatic heterocycles. The van der Waals surface area contributed by atoms with Crippen molar-refractivity contribution in [1.82, 2.24) is 0 Å². The Balaban J connectivity index is 2.52. The molecule has 1 heteroatoms. The zero-order valence-electron chi connectivity index (χ0n) is 9.07. The summed E-state index contributed by atoms with van der Waals surface area (Å²) in [7, 11) is 0. The highest BCUT2D eigenvalue weighted by Gasteiger charge is 2.32. The Labute approximate surface area is 82.2 Å². The molecule has 0 atom stereocenters. The van der Waals surface area contributed by atoms with Gasteiger partial charge in [-0.1, -0.05) is 26.8 Å². The SMILES string of the molecule is C=C(CC)OC1(CC)CCCCC1. The van der Waals surface area contributed by atoms with Crippen molar-refractivity contribution in [3.63, 3.8) is 0 Å². The van der Waals surface area contributed by atoms with Crippen LogP contribution in [-0.2, 0) is 4.74 Å². The minimum atomic E-state index is 0.144. The maximum atomic E-state index is 5.98. The van der Waals surface area contributed by atoms with Crippen LogP contribution in [0, 0.1) is 0 Å². The molecular weight excluding hydrogens is 160 g/mol. The fourth-order valence-corrected chi connectivity index (χ4v) is 2.10. The predicted octanol–water partition coefficient (Wildman–Crippen LogP) is 4.04. The molecule has 1 fully saturated rings. The Morgan fingerprint density at radius 2 is 1.85 bits per heavy atom. The van der Waals surface area contributed by atoms with E-state index in [4.69, 9.17) is 4.74 Å². The van der Waals surface area contributed by atoms with Gasteiger partial charge in [0.05, 0.1) is 5.76 Å². The van der Waals surface area contributed by atoms with Crippen molar-refractivity contribution in [2.24, 2.45) is 0 Å². The maximum Gasteiger partial charge on any atom is 0.108 e. The zero-order chi connectivity index (χ0) is 9.73. The second-order valence-corrected chi connectivity index (χ2v) is 4.09. The predicted molar refractivity (Wildman–Crippen MR) is 56.6 cm³/mol. The topological polar surface area (TPSA) is 9.23 Å². The molecule has 0 spiro atoms. The Hall–Kier alpha value is -0.460. The summed E-state index contributed by atoms with van der Waals surface area (Å²) in [5, 5.41) is 0. The van der Waals surface area contributed by atoms with Gasteiger partial charge in [0.2, 0.25) is 0 Å². The second-order valence-electron chi connectivity index (χ2n) is 4.09. The van der Waals surface area contributed by atoms with Crippen LogP contribution >= 0.6 is 0 Å². The van der Waals surface area contributed by atoms with E-state index in [0.717, 1.165) is 18.6 Å². The lowest BCUT2D eigenvalue weighted by Gasteiger charge is -2.37. The molecule has 0 aromatic rings. The van der Waals surface area contributed by atoms with E-state index < -0.39 is 0 Å². The molecule has 0 N–H and O–H groups in total. The van der Waals surface area contributed by atoms with Gasteiger partial charge in [0.25, 0.3) is 0 Å². The van der Waals surface area contributed by atoms with E-state index in [2.05, 4.69) is 20.4 Å². The Kier molecular flexibility index (Phi) is 3.83. The molecule has 1 aliphatic rings. The standard InChI is InChI=1S/C12H22O/c1-4-11(3)13-12(5-2)9-7-6-8-10-12/h3-10H2,1-2H3. The molecule has 1 nitrogen and oxygen atoms in total. The summed E-state index contributed by atoms with van der Waals surface area (Å²) in [6, 6.07) is 0.